The van der Waals surface area contributed by atoms with Crippen molar-refractivity contribution in [1.29, 1.82) is 0 Å². The summed E-state index contributed by atoms with van der Waals surface area (Å²) >= 11 is 0. The fraction of sp³-hybridized carbons (Fsp3) is 0.462. The van der Waals surface area contributed by atoms with Crippen molar-refractivity contribution in [3.05, 3.63) is 44.6 Å². The molecule has 3 rings (SSSR count). The number of aromatic nitrogens is 1. The molecule has 0 radical (unpaired) electrons. The monoisotopic (exact) mass is 496 g/mol. The molecule has 1 aliphatic carbocycles. The minimum atomic E-state index is -0.502. The molecular formula is C26H36N6O4. The molecule has 0 aromatic heterocycles. The van der Waals surface area contributed by atoms with Crippen LogP contribution in [0.15, 0.2) is 21.3 Å². The molecule has 1 aromatic rings. The lowest BCUT2D eigenvalue weighted by molar-refractivity contribution is 0.0946. The lowest BCUT2D eigenvalue weighted by atomic mass is 9.99. The number of nitrogens with zero attached hydrogens (tertiary/aromatic N) is 3. The Morgan fingerprint density at radius 2 is 1.56 bits per heavy atom. The van der Waals surface area contributed by atoms with Crippen molar-refractivity contribution in [3.63, 3.8) is 0 Å². The van der Waals surface area contributed by atoms with Gasteiger partial charge in [-0.25, -0.2) is 4.98 Å². The normalized spacial score (nSPS) is 11.6. The van der Waals surface area contributed by atoms with Crippen LogP contribution in [-0.4, -0.2) is 81.0 Å². The van der Waals surface area contributed by atoms with Crippen molar-refractivity contribution in [2.24, 2.45) is 0 Å². The van der Waals surface area contributed by atoms with E-state index in [2.05, 4.69) is 10.6 Å². The fourth-order valence-corrected chi connectivity index (χ4v) is 3.99. The smallest absolute Gasteiger partial charge is 0.255 e. The summed E-state index contributed by atoms with van der Waals surface area (Å²) < 4.78 is 6.15. The Bertz CT molecular complexity index is 1300. The van der Waals surface area contributed by atoms with E-state index in [4.69, 9.17) is 15.1 Å². The predicted octanol–water partition coefficient (Wildman–Crippen LogP) is 1.85. The van der Waals surface area contributed by atoms with Gasteiger partial charge in [-0.1, -0.05) is 6.07 Å². The third kappa shape index (κ3) is 5.83. The van der Waals surface area contributed by atoms with Crippen LogP contribution in [0.25, 0.3) is 22.6 Å². The summed E-state index contributed by atoms with van der Waals surface area (Å²) in [6.07, 6.45) is 1.52. The number of carbonyl (C=O) groups is 2. The maximum absolute atomic E-state index is 13.1. The zero-order valence-electron chi connectivity index (χ0n) is 21.9. The molecule has 194 valence electrons. The first-order valence-corrected chi connectivity index (χ1v) is 12.0. The molecule has 2 amide bonds. The maximum atomic E-state index is 13.1. The number of amides is 2. The predicted molar refractivity (Wildman–Crippen MR) is 142 cm³/mol. The van der Waals surface area contributed by atoms with E-state index in [9.17, 15) is 14.4 Å². The highest BCUT2D eigenvalue weighted by Crippen LogP contribution is 2.34. The molecule has 4 N–H and O–H groups in total. The topological polar surface area (TPSA) is 134 Å². The molecule has 2 aliphatic rings. The first kappa shape index (κ1) is 27.1. The molecule has 10 heteroatoms. The molecule has 0 atom stereocenters. The summed E-state index contributed by atoms with van der Waals surface area (Å²) in [6, 6.07) is 3.46. The Morgan fingerprint density at radius 1 is 0.972 bits per heavy atom. The van der Waals surface area contributed by atoms with Gasteiger partial charge >= 0.3 is 0 Å². The minimum Gasteiger partial charge on any atom is -0.452 e. The van der Waals surface area contributed by atoms with Gasteiger partial charge in [-0.05, 0) is 79.6 Å². The van der Waals surface area contributed by atoms with E-state index < -0.39 is 11.3 Å². The number of hydrogen-bond donors (Lipinski definition) is 3. The van der Waals surface area contributed by atoms with Crippen molar-refractivity contribution < 1.29 is 14.0 Å². The van der Waals surface area contributed by atoms with Gasteiger partial charge in [-0.3, -0.25) is 14.4 Å². The first-order valence-electron chi connectivity index (χ1n) is 12.0. The van der Waals surface area contributed by atoms with E-state index in [0.717, 1.165) is 31.5 Å². The van der Waals surface area contributed by atoms with Crippen LogP contribution in [0.2, 0.25) is 0 Å². The number of anilines is 1. The third-order valence-electron chi connectivity index (χ3n) is 6.01. The van der Waals surface area contributed by atoms with Gasteiger partial charge in [0.25, 0.3) is 11.8 Å². The summed E-state index contributed by atoms with van der Waals surface area (Å²) in [5, 5.41) is 5.75. The largest absolute Gasteiger partial charge is 0.452 e. The van der Waals surface area contributed by atoms with E-state index in [-0.39, 0.29) is 34.2 Å². The number of benzene rings is 2. The molecule has 1 aromatic carbocycles. The molecule has 0 unspecified atom stereocenters. The van der Waals surface area contributed by atoms with Crippen LogP contribution in [-0.2, 0) is 0 Å². The van der Waals surface area contributed by atoms with Crippen molar-refractivity contribution >= 4 is 28.6 Å². The molecule has 0 bridgehead atoms. The molecule has 1 aliphatic heterocycles. The lowest BCUT2D eigenvalue weighted by Gasteiger charge is -2.17. The number of nitrogens with one attached hydrogen (secondary N) is 2. The summed E-state index contributed by atoms with van der Waals surface area (Å²) in [4.78, 5) is 47.8. The van der Waals surface area contributed by atoms with Crippen LogP contribution in [0, 0.1) is 13.8 Å². The molecule has 10 nitrogen and oxygen atoms in total. The molecule has 0 saturated carbocycles. The van der Waals surface area contributed by atoms with Crippen LogP contribution in [0.3, 0.4) is 0 Å². The number of carbonyl (C=O) groups excluding carboxylic acids is 2. The third-order valence-corrected chi connectivity index (χ3v) is 6.01. The second-order valence-electron chi connectivity index (χ2n) is 9.57. The quantitative estimate of drug-likeness (QED) is 0.220. The number of hydrogen-bond acceptors (Lipinski definition) is 8. The summed E-state index contributed by atoms with van der Waals surface area (Å²) in [6.45, 7) is 5.97. The van der Waals surface area contributed by atoms with E-state index >= 15 is 0 Å². The number of nitrogens with two attached hydrogens (primary N) is 1. The van der Waals surface area contributed by atoms with Crippen molar-refractivity contribution in [3.8, 4) is 11.5 Å². The Labute approximate surface area is 211 Å². The number of rotatable bonds is 10. The fourth-order valence-electron chi connectivity index (χ4n) is 3.99. The van der Waals surface area contributed by atoms with Gasteiger partial charge in [0.05, 0.1) is 16.8 Å². The molecule has 0 saturated heterocycles. The molecule has 1 heterocycles. The molecule has 0 fully saturated rings. The second kappa shape index (κ2) is 11.5. The van der Waals surface area contributed by atoms with E-state index in [1.54, 1.807) is 19.1 Å². The molecule has 36 heavy (non-hydrogen) atoms. The number of aryl methyl sites for hydroxylation is 1. The first-order chi connectivity index (χ1) is 17.0. The second-order valence-corrected chi connectivity index (χ2v) is 9.57. The van der Waals surface area contributed by atoms with Crippen molar-refractivity contribution in [1.82, 2.24) is 25.4 Å². The van der Waals surface area contributed by atoms with Crippen LogP contribution in [0.4, 0.5) is 5.69 Å². The molecular weight excluding hydrogens is 460 g/mol. The van der Waals surface area contributed by atoms with Gasteiger partial charge in [-0.2, -0.15) is 0 Å². The van der Waals surface area contributed by atoms with E-state index in [1.807, 2.05) is 44.9 Å². The van der Waals surface area contributed by atoms with Gasteiger partial charge in [0, 0.05) is 18.7 Å². The van der Waals surface area contributed by atoms with Crippen LogP contribution in [0.1, 0.15) is 44.7 Å². The number of fused-ring (bicyclic) bond motifs is 2. The van der Waals surface area contributed by atoms with Crippen LogP contribution < -0.4 is 21.8 Å². The zero-order valence-corrected chi connectivity index (χ0v) is 21.9. The summed E-state index contributed by atoms with van der Waals surface area (Å²) in [7, 11) is 7.85. The summed E-state index contributed by atoms with van der Waals surface area (Å²) in [5.74, 6) is -0.606. The number of nitrogen functional groups attached to an aromatic ring is 1. The average Bonchev–Trinajstić information content (AvgIpc) is 2.82. The van der Waals surface area contributed by atoms with Gasteiger partial charge in [0.15, 0.2) is 11.3 Å². The highest BCUT2D eigenvalue weighted by molar-refractivity contribution is 6.08. The van der Waals surface area contributed by atoms with Crippen molar-refractivity contribution in [2.75, 3.05) is 60.1 Å². The lowest BCUT2D eigenvalue weighted by Crippen LogP contribution is -2.31. The molecule has 0 spiro atoms. The highest BCUT2D eigenvalue weighted by atomic mass is 16.3. The highest BCUT2D eigenvalue weighted by Gasteiger charge is 2.28. The SMILES string of the molecule is Cc1c2oc3c(C)ccc(C(=O)NCCCN(C)C)c3nc-2c(C(=O)NCCCN(C)C)c(N)c1=O. The average molecular weight is 497 g/mol. The Hall–Kier alpha value is -3.50. The zero-order chi connectivity index (χ0) is 26.6. The van der Waals surface area contributed by atoms with Crippen LogP contribution in [0.5, 0.6) is 0 Å². The van der Waals surface area contributed by atoms with Gasteiger partial charge in [0.2, 0.25) is 5.43 Å². The van der Waals surface area contributed by atoms with E-state index in [1.165, 1.54) is 0 Å². The van der Waals surface area contributed by atoms with Crippen LogP contribution >= 0.6 is 0 Å². The summed E-state index contributed by atoms with van der Waals surface area (Å²) in [5.41, 5.74) is 7.64. The Balaban J connectivity index is 2.09. The van der Waals surface area contributed by atoms with E-state index in [0.29, 0.717) is 29.8 Å². The minimum absolute atomic E-state index is 0.0325. The standard InChI is InChI=1S/C26H36N6O4/c1-15-9-10-17(25(34)28-11-7-13-31(3)4)20-23(15)36-24-16(2)22(33)19(27)18(21(24)30-20)26(35)29-12-8-14-32(5)6/h9-10H,7-8,11-14,27H2,1-6H3,(H,28,34)(H,29,35). The maximum Gasteiger partial charge on any atom is 0.255 e. The Morgan fingerprint density at radius 3 is 2.14 bits per heavy atom. The van der Waals surface area contributed by atoms with Gasteiger partial charge < -0.3 is 30.6 Å². The van der Waals surface area contributed by atoms with Gasteiger partial charge in [-0.15, -0.1) is 0 Å². The Kier molecular flexibility index (Phi) is 8.65. The van der Waals surface area contributed by atoms with Gasteiger partial charge in [0.1, 0.15) is 11.2 Å². The van der Waals surface area contributed by atoms with Crippen molar-refractivity contribution in [2.45, 2.75) is 26.7 Å².